The van der Waals surface area contributed by atoms with Crippen molar-refractivity contribution >= 4 is 17.7 Å². The number of nitrogens with zero attached hydrogens (tertiary/aromatic N) is 4. The minimum absolute atomic E-state index is 0.0900. The first-order valence-electron chi connectivity index (χ1n) is 19.2. The second-order valence-corrected chi connectivity index (χ2v) is 11.9. The van der Waals surface area contributed by atoms with E-state index in [4.69, 9.17) is 11.0 Å². The van der Waals surface area contributed by atoms with Crippen molar-refractivity contribution in [2.75, 3.05) is 26.2 Å². The van der Waals surface area contributed by atoms with Gasteiger partial charge in [0.1, 0.15) is 12.4 Å². The van der Waals surface area contributed by atoms with Crippen LogP contribution in [-0.2, 0) is 42.7 Å². The molecule has 0 unspecified atom stereocenters. The molecular formula is C36H38F4N4O2S. The second-order valence-electron chi connectivity index (χ2n) is 10.9. The average molecular weight is 675 g/mol. The Morgan fingerprint density at radius 2 is 1.57 bits per heavy atom. The second kappa shape index (κ2) is 15.3. The van der Waals surface area contributed by atoms with Gasteiger partial charge >= 0.3 is 6.18 Å². The molecule has 0 atom stereocenters. The topological polar surface area (TPSA) is 58.4 Å². The molecule has 6 nitrogen and oxygen atoms in total. The molecular weight excluding hydrogens is 628 g/mol. The summed E-state index contributed by atoms with van der Waals surface area (Å²) in [5, 5.41) is 0.275. The molecule has 0 N–H and O–H groups in total. The molecule has 1 heterocycles. The van der Waals surface area contributed by atoms with Gasteiger partial charge in [-0.2, -0.15) is 18.2 Å². The lowest BCUT2D eigenvalue weighted by Crippen LogP contribution is -2.40. The molecule has 5 rings (SSSR count). The molecule has 4 aromatic rings. The Morgan fingerprint density at radius 1 is 0.936 bits per heavy atom. The van der Waals surface area contributed by atoms with E-state index in [0.29, 0.717) is 55.9 Å². The van der Waals surface area contributed by atoms with Crippen LogP contribution in [-0.4, -0.2) is 51.4 Å². The number of aromatic nitrogens is 2. The first kappa shape index (κ1) is 25.1. The summed E-state index contributed by atoms with van der Waals surface area (Å²) in [5.41, 5.74) is -2.05. The van der Waals surface area contributed by atoms with Gasteiger partial charge in [0.15, 0.2) is 5.16 Å². The fraction of sp³-hybridized carbons (Fsp3) is 0.361. The monoisotopic (exact) mass is 674 g/mol. The predicted octanol–water partition coefficient (Wildman–Crippen LogP) is 7.22. The number of rotatable bonds is 13. The quantitative estimate of drug-likeness (QED) is 0.0852. The summed E-state index contributed by atoms with van der Waals surface area (Å²) in [4.78, 5) is 35.0. The van der Waals surface area contributed by atoms with Gasteiger partial charge in [0, 0.05) is 36.6 Å². The molecule has 1 amide bonds. The van der Waals surface area contributed by atoms with E-state index in [2.05, 4.69) is 4.98 Å². The summed E-state index contributed by atoms with van der Waals surface area (Å²) in [7, 11) is 0. The van der Waals surface area contributed by atoms with Gasteiger partial charge in [-0.1, -0.05) is 74.0 Å². The number of carbonyl (C=O) groups excluding carboxylic acids is 1. The van der Waals surface area contributed by atoms with Crippen LogP contribution in [0.15, 0.2) is 82.6 Å². The van der Waals surface area contributed by atoms with E-state index < -0.39 is 95.0 Å². The fourth-order valence-electron chi connectivity index (χ4n) is 5.23. The van der Waals surface area contributed by atoms with Crippen LogP contribution in [0.3, 0.4) is 0 Å². The molecule has 11 heteroatoms. The van der Waals surface area contributed by atoms with Crippen molar-refractivity contribution < 1.29 is 33.3 Å². The highest BCUT2D eigenvalue weighted by Crippen LogP contribution is 2.31. The summed E-state index contributed by atoms with van der Waals surface area (Å²) >= 11 is 1.21. The Morgan fingerprint density at radius 3 is 2.19 bits per heavy atom. The van der Waals surface area contributed by atoms with Crippen molar-refractivity contribution in [3.05, 3.63) is 117 Å². The molecule has 47 heavy (non-hydrogen) atoms. The number of alkyl halides is 3. The lowest BCUT2D eigenvalue weighted by atomic mass is 10.0. The summed E-state index contributed by atoms with van der Waals surface area (Å²) in [6.07, 6.45) is -3.55. The van der Waals surface area contributed by atoms with Gasteiger partial charge in [-0.3, -0.25) is 9.59 Å². The van der Waals surface area contributed by atoms with E-state index >= 15 is 0 Å². The van der Waals surface area contributed by atoms with Crippen molar-refractivity contribution in [3.63, 3.8) is 0 Å². The third-order valence-corrected chi connectivity index (χ3v) is 8.94. The predicted molar refractivity (Wildman–Crippen MR) is 177 cm³/mol. The van der Waals surface area contributed by atoms with Crippen LogP contribution in [0.2, 0.25) is 0 Å². The van der Waals surface area contributed by atoms with E-state index in [0.717, 1.165) is 5.56 Å². The molecule has 1 aromatic heterocycles. The maximum Gasteiger partial charge on any atom is 0.416 e. The summed E-state index contributed by atoms with van der Waals surface area (Å²) < 4.78 is 124. The molecule has 0 radical (unpaired) electrons. The summed E-state index contributed by atoms with van der Waals surface area (Å²) in [6.45, 7) is 4.91. The zero-order valence-corrected chi connectivity index (χ0v) is 26.7. The average Bonchev–Trinajstić information content (AvgIpc) is 3.64. The molecule has 0 bridgehead atoms. The smallest absolute Gasteiger partial charge is 0.336 e. The molecule has 3 aromatic carbocycles. The standard InChI is InChI=1S/C36H38F4N4O2S/c1-3-42(4-2)20-21-43(22-25-8-12-27(13-9-25)28-14-16-29(17-15-28)36(38,39)40)33(45)23-44-32-7-5-6-31(32)34(46)41-35(44)47-24-26-10-18-30(37)19-11-26/h8-19H,3-7,20-24H2,1-2H3/i8D,9D,12D,13D,14D,15D,16D,17D. The van der Waals surface area contributed by atoms with E-state index in [1.54, 1.807) is 16.7 Å². The van der Waals surface area contributed by atoms with Crippen molar-refractivity contribution in [2.24, 2.45) is 0 Å². The van der Waals surface area contributed by atoms with Gasteiger partial charge in [0.2, 0.25) is 5.91 Å². The number of fused-ring (bicyclic) bond motifs is 1. The Balaban J connectivity index is 1.56. The number of benzene rings is 3. The fourth-order valence-corrected chi connectivity index (χ4v) is 6.20. The maximum atomic E-state index is 14.3. The van der Waals surface area contributed by atoms with Gasteiger partial charge in [-0.25, -0.2) is 4.39 Å². The van der Waals surface area contributed by atoms with Gasteiger partial charge < -0.3 is 14.4 Å². The van der Waals surface area contributed by atoms with Gasteiger partial charge in [0.25, 0.3) is 5.56 Å². The van der Waals surface area contributed by atoms with Crippen molar-refractivity contribution in [3.8, 4) is 11.1 Å². The summed E-state index contributed by atoms with van der Waals surface area (Å²) in [5.74, 6) is -0.569. The van der Waals surface area contributed by atoms with Crippen molar-refractivity contribution in [1.82, 2.24) is 19.4 Å². The Kier molecular flexibility index (Phi) is 8.17. The Labute approximate surface area is 287 Å². The number of carbonyl (C=O) groups is 1. The number of thioether (sulfide) groups is 1. The van der Waals surface area contributed by atoms with Gasteiger partial charge in [-0.05, 0) is 78.8 Å². The van der Waals surface area contributed by atoms with Crippen molar-refractivity contribution in [2.45, 2.75) is 63.3 Å². The Hall–Kier alpha value is -3.96. The number of halogens is 4. The zero-order valence-electron chi connectivity index (χ0n) is 33.9. The number of hydrogen-bond acceptors (Lipinski definition) is 5. The number of likely N-dealkylation sites (N-methyl/N-ethyl adjacent to an activating group) is 1. The molecule has 0 saturated heterocycles. The third kappa shape index (κ3) is 8.70. The highest BCUT2D eigenvalue weighted by molar-refractivity contribution is 7.98. The molecule has 0 aliphatic heterocycles. The zero-order chi connectivity index (χ0) is 40.5. The molecule has 248 valence electrons. The van der Waals surface area contributed by atoms with E-state index in [1.807, 2.05) is 18.7 Å². The van der Waals surface area contributed by atoms with Crippen LogP contribution in [0.25, 0.3) is 11.1 Å². The van der Waals surface area contributed by atoms with Crippen LogP contribution in [0.1, 0.15) is 59.2 Å². The van der Waals surface area contributed by atoms with Crippen LogP contribution >= 0.6 is 11.8 Å². The van der Waals surface area contributed by atoms with Crippen LogP contribution in [0, 0.1) is 5.82 Å². The van der Waals surface area contributed by atoms with Gasteiger partial charge in [0.05, 0.1) is 16.5 Å². The molecule has 0 saturated carbocycles. The number of hydrogen-bond donors (Lipinski definition) is 0. The van der Waals surface area contributed by atoms with Crippen molar-refractivity contribution in [1.29, 1.82) is 0 Å². The van der Waals surface area contributed by atoms with Crippen LogP contribution in [0.5, 0.6) is 0 Å². The minimum atomic E-state index is -5.23. The maximum absolute atomic E-state index is 14.3. The lowest BCUT2D eigenvalue weighted by Gasteiger charge is -2.28. The van der Waals surface area contributed by atoms with Crippen LogP contribution < -0.4 is 5.56 Å². The van der Waals surface area contributed by atoms with E-state index in [-0.39, 0.29) is 23.8 Å². The SMILES string of the molecule is [2H]c1c([2H])c(-c2c([2H])c([2H])c(C(F)(F)F)c([2H])c2[2H])c([2H])c([2H])c1CN(CCN(CC)CC)C(=O)Cn1c(SCc2ccc(F)cc2)nc(=O)c2c1CCC2. The third-order valence-electron chi connectivity index (χ3n) is 7.89. The lowest BCUT2D eigenvalue weighted by molar-refractivity contribution is -0.137. The molecule has 0 spiro atoms. The first-order valence-corrected chi connectivity index (χ1v) is 16.2. The largest absolute Gasteiger partial charge is 0.416 e. The minimum Gasteiger partial charge on any atom is -0.336 e. The molecule has 1 aliphatic rings. The number of amides is 1. The van der Waals surface area contributed by atoms with E-state index in [1.165, 1.54) is 28.8 Å². The van der Waals surface area contributed by atoms with Gasteiger partial charge in [-0.15, -0.1) is 0 Å². The summed E-state index contributed by atoms with van der Waals surface area (Å²) in [6, 6.07) is -2.34. The van der Waals surface area contributed by atoms with E-state index in [9.17, 15) is 27.2 Å². The van der Waals surface area contributed by atoms with Crippen LogP contribution in [0.4, 0.5) is 17.6 Å². The Bertz CT molecular complexity index is 2130. The first-order chi connectivity index (χ1) is 25.9. The highest BCUT2D eigenvalue weighted by Gasteiger charge is 2.30. The molecule has 0 fully saturated rings. The highest BCUT2D eigenvalue weighted by atomic mass is 32.2. The molecule has 1 aliphatic carbocycles. The normalized spacial score (nSPS) is 15.2.